The van der Waals surface area contributed by atoms with Crippen LogP contribution in [0.1, 0.15) is 44.9 Å². The third-order valence-electron chi connectivity index (χ3n) is 3.68. The van der Waals surface area contributed by atoms with E-state index >= 15 is 0 Å². The summed E-state index contributed by atoms with van der Waals surface area (Å²) in [4.78, 5) is 17.7. The molecule has 1 atom stereocenters. The zero-order valence-electron chi connectivity index (χ0n) is 13.9. The molecule has 122 valence electrons. The van der Waals surface area contributed by atoms with Gasteiger partial charge < -0.3 is 9.64 Å². The molecule has 0 radical (unpaired) electrons. The molecule has 0 aliphatic carbocycles. The van der Waals surface area contributed by atoms with E-state index in [2.05, 4.69) is 4.98 Å². The summed E-state index contributed by atoms with van der Waals surface area (Å²) >= 11 is 0. The van der Waals surface area contributed by atoms with Crippen molar-refractivity contribution in [2.45, 2.75) is 52.6 Å². The number of aromatic nitrogens is 1. The zero-order valence-corrected chi connectivity index (χ0v) is 13.9. The molecule has 0 N–H and O–H groups in total. The second-order valence-electron chi connectivity index (χ2n) is 7.08. The van der Waals surface area contributed by atoms with Gasteiger partial charge in [0.15, 0.2) is 0 Å². The van der Waals surface area contributed by atoms with Gasteiger partial charge in [0.2, 0.25) is 5.95 Å². The van der Waals surface area contributed by atoms with Crippen LogP contribution in [-0.2, 0) is 11.2 Å². The van der Waals surface area contributed by atoms with Crippen LogP contribution in [0.25, 0.3) is 0 Å². The van der Waals surface area contributed by atoms with Crippen molar-refractivity contribution in [3.05, 3.63) is 29.3 Å². The molecule has 1 fully saturated rings. The number of likely N-dealkylation sites (tertiary alicyclic amines) is 1. The van der Waals surface area contributed by atoms with E-state index < -0.39 is 11.5 Å². The minimum atomic E-state index is -0.477. The lowest BCUT2D eigenvalue weighted by Gasteiger charge is -2.34. The number of piperidine rings is 1. The highest BCUT2D eigenvalue weighted by Crippen LogP contribution is 2.23. The van der Waals surface area contributed by atoms with Crippen LogP contribution >= 0.6 is 0 Å². The zero-order chi connectivity index (χ0) is 16.3. The highest BCUT2D eigenvalue weighted by atomic mass is 19.1. The first-order chi connectivity index (χ1) is 10.2. The summed E-state index contributed by atoms with van der Waals surface area (Å²) in [5.74, 6) is -0.0997. The first kappa shape index (κ1) is 16.7. The fourth-order valence-corrected chi connectivity index (χ4v) is 2.87. The van der Waals surface area contributed by atoms with Crippen molar-refractivity contribution < 1.29 is 13.9 Å². The van der Waals surface area contributed by atoms with Gasteiger partial charge in [-0.3, -0.25) is 0 Å². The van der Waals surface area contributed by atoms with Gasteiger partial charge in [-0.1, -0.05) is 0 Å². The van der Waals surface area contributed by atoms with Gasteiger partial charge in [-0.05, 0) is 70.6 Å². The maximum Gasteiger partial charge on any atom is 0.410 e. The normalized spacial score (nSPS) is 19.1. The molecular weight excluding hydrogens is 283 g/mol. The Morgan fingerprint density at radius 1 is 1.45 bits per heavy atom. The standard InChI is InChI=1S/C17H25FN2O2/c1-12-8-14(10-15(18)19-12)9-13-6-5-7-20(11-13)16(21)22-17(2,3)4/h8,10,13H,5-7,9,11H2,1-4H3. The maximum atomic E-state index is 13.4. The van der Waals surface area contributed by atoms with Crippen molar-refractivity contribution in [2.75, 3.05) is 13.1 Å². The molecule has 1 aromatic rings. The summed E-state index contributed by atoms with van der Waals surface area (Å²) in [6.07, 6.45) is 2.51. The summed E-state index contributed by atoms with van der Waals surface area (Å²) in [5.41, 5.74) is 1.16. The van der Waals surface area contributed by atoms with E-state index in [1.807, 2.05) is 26.8 Å². The average Bonchev–Trinajstić information content (AvgIpc) is 2.35. The number of carbonyl (C=O) groups excluding carboxylic acids is 1. The van der Waals surface area contributed by atoms with E-state index in [-0.39, 0.29) is 6.09 Å². The molecule has 1 amide bonds. The Labute approximate surface area is 131 Å². The molecule has 0 aromatic carbocycles. The lowest BCUT2D eigenvalue weighted by molar-refractivity contribution is 0.0166. The molecule has 0 bridgehead atoms. The van der Waals surface area contributed by atoms with Crippen molar-refractivity contribution in [3.63, 3.8) is 0 Å². The van der Waals surface area contributed by atoms with Crippen molar-refractivity contribution in [3.8, 4) is 0 Å². The third kappa shape index (κ3) is 4.97. The van der Waals surface area contributed by atoms with Crippen molar-refractivity contribution >= 4 is 6.09 Å². The lowest BCUT2D eigenvalue weighted by atomic mass is 9.91. The molecule has 0 saturated carbocycles. The smallest absolute Gasteiger partial charge is 0.410 e. The van der Waals surface area contributed by atoms with Gasteiger partial charge in [0.1, 0.15) is 5.60 Å². The van der Waals surface area contributed by atoms with Gasteiger partial charge in [-0.15, -0.1) is 0 Å². The number of pyridine rings is 1. The van der Waals surface area contributed by atoms with E-state index in [0.717, 1.165) is 31.4 Å². The summed E-state index contributed by atoms with van der Waals surface area (Å²) in [6.45, 7) is 8.80. The molecule has 1 saturated heterocycles. The van der Waals surface area contributed by atoms with Crippen molar-refractivity contribution in [2.24, 2.45) is 5.92 Å². The Hall–Kier alpha value is -1.65. The molecular formula is C17H25FN2O2. The molecule has 2 rings (SSSR count). The lowest BCUT2D eigenvalue weighted by Crippen LogP contribution is -2.43. The Morgan fingerprint density at radius 2 is 2.18 bits per heavy atom. The SMILES string of the molecule is Cc1cc(CC2CCCN(C(=O)OC(C)(C)C)C2)cc(F)n1. The Morgan fingerprint density at radius 3 is 2.82 bits per heavy atom. The number of rotatable bonds is 2. The van der Waals surface area contributed by atoms with Gasteiger partial charge in [0.25, 0.3) is 0 Å². The number of amides is 1. The van der Waals surface area contributed by atoms with E-state index in [0.29, 0.717) is 18.2 Å². The number of hydrogen-bond donors (Lipinski definition) is 0. The fourth-order valence-electron chi connectivity index (χ4n) is 2.87. The molecule has 1 aromatic heterocycles. The van der Waals surface area contributed by atoms with Gasteiger partial charge in [-0.25, -0.2) is 9.78 Å². The molecule has 4 nitrogen and oxygen atoms in total. The van der Waals surface area contributed by atoms with E-state index in [1.54, 1.807) is 11.8 Å². The van der Waals surface area contributed by atoms with Crippen LogP contribution < -0.4 is 0 Å². The minimum Gasteiger partial charge on any atom is -0.444 e. The van der Waals surface area contributed by atoms with Gasteiger partial charge in [0.05, 0.1) is 0 Å². The fraction of sp³-hybridized carbons (Fsp3) is 0.647. The van der Waals surface area contributed by atoms with E-state index in [9.17, 15) is 9.18 Å². The summed E-state index contributed by atoms with van der Waals surface area (Å²) in [6, 6.07) is 3.40. The molecule has 5 heteroatoms. The maximum absolute atomic E-state index is 13.4. The largest absolute Gasteiger partial charge is 0.444 e. The van der Waals surface area contributed by atoms with Crippen LogP contribution in [0, 0.1) is 18.8 Å². The number of aryl methyl sites for hydroxylation is 1. The van der Waals surface area contributed by atoms with Crippen LogP contribution in [0.2, 0.25) is 0 Å². The van der Waals surface area contributed by atoms with E-state index in [4.69, 9.17) is 4.74 Å². The number of carbonyl (C=O) groups is 1. The average molecular weight is 308 g/mol. The van der Waals surface area contributed by atoms with Crippen LogP contribution in [0.3, 0.4) is 0 Å². The van der Waals surface area contributed by atoms with E-state index in [1.165, 1.54) is 6.07 Å². The summed E-state index contributed by atoms with van der Waals surface area (Å²) in [7, 11) is 0. The predicted molar refractivity (Wildman–Crippen MR) is 83.2 cm³/mol. The number of halogens is 1. The van der Waals surface area contributed by atoms with Crippen LogP contribution in [0.15, 0.2) is 12.1 Å². The first-order valence-corrected chi connectivity index (χ1v) is 7.84. The second kappa shape index (κ2) is 6.63. The monoisotopic (exact) mass is 308 g/mol. The van der Waals surface area contributed by atoms with Crippen molar-refractivity contribution in [1.82, 2.24) is 9.88 Å². The number of ether oxygens (including phenoxy) is 1. The van der Waals surface area contributed by atoms with Crippen LogP contribution in [0.4, 0.5) is 9.18 Å². The van der Waals surface area contributed by atoms with Gasteiger partial charge in [-0.2, -0.15) is 4.39 Å². The minimum absolute atomic E-state index is 0.255. The second-order valence-corrected chi connectivity index (χ2v) is 7.08. The van der Waals surface area contributed by atoms with Crippen LogP contribution in [-0.4, -0.2) is 34.7 Å². The molecule has 1 aliphatic heterocycles. The summed E-state index contributed by atoms with van der Waals surface area (Å²) < 4.78 is 18.8. The Balaban J connectivity index is 1.97. The number of hydrogen-bond acceptors (Lipinski definition) is 3. The molecule has 1 unspecified atom stereocenters. The van der Waals surface area contributed by atoms with Crippen molar-refractivity contribution in [1.29, 1.82) is 0 Å². The third-order valence-corrected chi connectivity index (χ3v) is 3.68. The molecule has 22 heavy (non-hydrogen) atoms. The Bertz CT molecular complexity index is 520. The molecule has 2 heterocycles. The topological polar surface area (TPSA) is 42.4 Å². The summed E-state index contributed by atoms with van der Waals surface area (Å²) in [5, 5.41) is 0. The number of nitrogens with zero attached hydrogens (tertiary/aromatic N) is 2. The highest BCUT2D eigenvalue weighted by molar-refractivity contribution is 5.68. The quantitative estimate of drug-likeness (QED) is 0.782. The predicted octanol–water partition coefficient (Wildman–Crippen LogP) is 3.72. The van der Waals surface area contributed by atoms with Crippen LogP contribution in [0.5, 0.6) is 0 Å². The van der Waals surface area contributed by atoms with Gasteiger partial charge >= 0.3 is 6.09 Å². The first-order valence-electron chi connectivity index (χ1n) is 7.84. The molecule has 0 spiro atoms. The molecule has 1 aliphatic rings. The van der Waals surface area contributed by atoms with Gasteiger partial charge in [0, 0.05) is 18.8 Å². The Kier molecular flexibility index (Phi) is 5.04. The highest BCUT2D eigenvalue weighted by Gasteiger charge is 2.27.